The van der Waals surface area contributed by atoms with Crippen LogP contribution in [0.3, 0.4) is 0 Å². The van der Waals surface area contributed by atoms with E-state index in [1.54, 1.807) is 30.5 Å². The SMILES string of the molecule is O=C(Cn1nc(-c2ccccc2)ccc1=O)Nc1cccc(-c2cnco2)c1. The van der Waals surface area contributed by atoms with Crippen molar-refractivity contribution in [1.29, 1.82) is 0 Å². The summed E-state index contributed by atoms with van der Waals surface area (Å²) < 4.78 is 6.42. The van der Waals surface area contributed by atoms with Gasteiger partial charge in [-0.15, -0.1) is 0 Å². The van der Waals surface area contributed by atoms with E-state index in [9.17, 15) is 9.59 Å². The molecule has 0 bridgehead atoms. The lowest BCUT2D eigenvalue weighted by Gasteiger charge is -2.09. The van der Waals surface area contributed by atoms with E-state index in [2.05, 4.69) is 15.4 Å². The molecule has 0 aliphatic heterocycles. The molecule has 2 heterocycles. The molecule has 2 aromatic heterocycles. The number of oxazole rings is 1. The van der Waals surface area contributed by atoms with Crippen molar-refractivity contribution in [1.82, 2.24) is 14.8 Å². The third kappa shape index (κ3) is 3.88. The minimum atomic E-state index is -0.352. The fourth-order valence-corrected chi connectivity index (χ4v) is 2.77. The van der Waals surface area contributed by atoms with Gasteiger partial charge in [-0.1, -0.05) is 42.5 Å². The van der Waals surface area contributed by atoms with Gasteiger partial charge in [0, 0.05) is 22.9 Å². The first-order valence-corrected chi connectivity index (χ1v) is 8.61. The molecule has 28 heavy (non-hydrogen) atoms. The highest BCUT2D eigenvalue weighted by atomic mass is 16.3. The van der Waals surface area contributed by atoms with Gasteiger partial charge < -0.3 is 9.73 Å². The number of benzene rings is 2. The van der Waals surface area contributed by atoms with Gasteiger partial charge >= 0.3 is 0 Å². The molecule has 0 fully saturated rings. The lowest BCUT2D eigenvalue weighted by molar-refractivity contribution is -0.117. The summed E-state index contributed by atoms with van der Waals surface area (Å²) in [4.78, 5) is 28.4. The van der Waals surface area contributed by atoms with E-state index in [4.69, 9.17) is 4.42 Å². The van der Waals surface area contributed by atoms with Crippen molar-refractivity contribution in [2.45, 2.75) is 6.54 Å². The molecule has 0 unspecified atom stereocenters. The van der Waals surface area contributed by atoms with Gasteiger partial charge in [0.2, 0.25) is 5.91 Å². The van der Waals surface area contributed by atoms with Crippen LogP contribution >= 0.6 is 0 Å². The summed E-state index contributed by atoms with van der Waals surface area (Å²) in [6.07, 6.45) is 2.94. The van der Waals surface area contributed by atoms with Gasteiger partial charge in [0.05, 0.1) is 11.9 Å². The molecule has 0 saturated carbocycles. The largest absolute Gasteiger partial charge is 0.444 e. The number of carbonyl (C=O) groups excluding carboxylic acids is 1. The Morgan fingerprint density at radius 1 is 1.00 bits per heavy atom. The van der Waals surface area contributed by atoms with Gasteiger partial charge in [0.15, 0.2) is 12.2 Å². The molecule has 4 aromatic rings. The summed E-state index contributed by atoms with van der Waals surface area (Å²) >= 11 is 0. The molecule has 0 aliphatic rings. The maximum Gasteiger partial charge on any atom is 0.267 e. The Labute approximate surface area is 160 Å². The van der Waals surface area contributed by atoms with Crippen LogP contribution in [0.2, 0.25) is 0 Å². The Bertz CT molecular complexity index is 1150. The Balaban J connectivity index is 1.51. The number of rotatable bonds is 5. The van der Waals surface area contributed by atoms with E-state index in [0.717, 1.165) is 15.8 Å². The highest BCUT2D eigenvalue weighted by Crippen LogP contribution is 2.22. The second kappa shape index (κ2) is 7.71. The van der Waals surface area contributed by atoms with Crippen LogP contribution in [0.15, 0.2) is 88.5 Å². The van der Waals surface area contributed by atoms with E-state index < -0.39 is 0 Å². The zero-order valence-corrected chi connectivity index (χ0v) is 14.8. The standard InChI is InChI=1S/C21H16N4O3/c26-20(23-17-8-4-7-16(11-17)19-12-22-14-28-19)13-25-21(27)10-9-18(24-25)15-5-2-1-3-6-15/h1-12,14H,13H2,(H,23,26). The summed E-state index contributed by atoms with van der Waals surface area (Å²) in [6, 6.07) is 19.7. The lowest BCUT2D eigenvalue weighted by atomic mass is 10.1. The zero-order chi connectivity index (χ0) is 19.3. The zero-order valence-electron chi connectivity index (χ0n) is 14.8. The van der Waals surface area contributed by atoms with Crippen LogP contribution in [0.4, 0.5) is 5.69 Å². The second-order valence-corrected chi connectivity index (χ2v) is 6.08. The van der Waals surface area contributed by atoms with Crippen molar-refractivity contribution in [2.24, 2.45) is 0 Å². The van der Waals surface area contributed by atoms with Crippen molar-refractivity contribution in [3.05, 3.63) is 89.7 Å². The van der Waals surface area contributed by atoms with Crippen LogP contribution < -0.4 is 10.9 Å². The highest BCUT2D eigenvalue weighted by Gasteiger charge is 2.09. The summed E-state index contributed by atoms with van der Waals surface area (Å²) in [7, 11) is 0. The minimum absolute atomic E-state index is 0.188. The van der Waals surface area contributed by atoms with Crippen LogP contribution in [0.25, 0.3) is 22.6 Å². The fourth-order valence-electron chi connectivity index (χ4n) is 2.77. The van der Waals surface area contributed by atoms with Crippen LogP contribution in [0, 0.1) is 0 Å². The summed E-state index contributed by atoms with van der Waals surface area (Å²) in [5, 5.41) is 7.08. The van der Waals surface area contributed by atoms with Gasteiger partial charge in [-0.25, -0.2) is 9.67 Å². The summed E-state index contributed by atoms with van der Waals surface area (Å²) in [5.41, 5.74) is 2.53. The predicted molar refractivity (Wildman–Crippen MR) is 105 cm³/mol. The molecular weight excluding hydrogens is 356 g/mol. The molecule has 7 nitrogen and oxygen atoms in total. The van der Waals surface area contributed by atoms with Gasteiger partial charge in [-0.3, -0.25) is 9.59 Å². The fraction of sp³-hybridized carbons (Fsp3) is 0.0476. The van der Waals surface area contributed by atoms with Crippen LogP contribution in [-0.4, -0.2) is 20.7 Å². The molecule has 2 aromatic carbocycles. The maximum absolute atomic E-state index is 12.4. The number of nitrogens with zero attached hydrogens (tertiary/aromatic N) is 3. The number of amides is 1. The Morgan fingerprint density at radius 3 is 2.61 bits per heavy atom. The van der Waals surface area contributed by atoms with Gasteiger partial charge in [-0.2, -0.15) is 5.10 Å². The second-order valence-electron chi connectivity index (χ2n) is 6.08. The van der Waals surface area contributed by atoms with Crippen molar-refractivity contribution < 1.29 is 9.21 Å². The number of carbonyl (C=O) groups is 1. The summed E-state index contributed by atoms with van der Waals surface area (Å²) in [5.74, 6) is 0.249. The molecule has 0 spiro atoms. The number of anilines is 1. The van der Waals surface area contributed by atoms with Crippen LogP contribution in [0.1, 0.15) is 0 Å². The van der Waals surface area contributed by atoms with Gasteiger partial charge in [0.25, 0.3) is 5.56 Å². The average molecular weight is 372 g/mol. The number of hydrogen-bond donors (Lipinski definition) is 1. The molecule has 4 rings (SSSR count). The molecule has 0 radical (unpaired) electrons. The molecule has 0 aliphatic carbocycles. The number of aromatic nitrogens is 3. The molecule has 1 N–H and O–H groups in total. The maximum atomic E-state index is 12.4. The molecule has 7 heteroatoms. The third-order valence-electron chi connectivity index (χ3n) is 4.09. The first-order valence-electron chi connectivity index (χ1n) is 8.61. The topological polar surface area (TPSA) is 90.0 Å². The van der Waals surface area contributed by atoms with Gasteiger partial charge in [0.1, 0.15) is 6.54 Å². The van der Waals surface area contributed by atoms with Crippen molar-refractivity contribution >= 4 is 11.6 Å². The molecular formula is C21H16N4O3. The average Bonchev–Trinajstić information content (AvgIpc) is 3.25. The van der Waals surface area contributed by atoms with Crippen molar-refractivity contribution in [3.63, 3.8) is 0 Å². The van der Waals surface area contributed by atoms with E-state index in [0.29, 0.717) is 17.1 Å². The predicted octanol–water partition coefficient (Wildman–Crippen LogP) is 3.20. The molecule has 0 saturated heterocycles. The van der Waals surface area contributed by atoms with E-state index >= 15 is 0 Å². The first-order chi connectivity index (χ1) is 13.7. The van der Waals surface area contributed by atoms with Gasteiger partial charge in [-0.05, 0) is 18.2 Å². The highest BCUT2D eigenvalue weighted by molar-refractivity contribution is 5.91. The normalized spacial score (nSPS) is 10.6. The summed E-state index contributed by atoms with van der Waals surface area (Å²) in [6.45, 7) is -0.188. The Kier molecular flexibility index (Phi) is 4.79. The van der Waals surface area contributed by atoms with E-state index in [1.807, 2.05) is 36.4 Å². The van der Waals surface area contributed by atoms with Crippen LogP contribution in [-0.2, 0) is 11.3 Å². The minimum Gasteiger partial charge on any atom is -0.444 e. The Hall–Kier alpha value is -4.00. The van der Waals surface area contributed by atoms with Crippen LogP contribution in [0.5, 0.6) is 0 Å². The third-order valence-corrected chi connectivity index (χ3v) is 4.09. The lowest BCUT2D eigenvalue weighted by Crippen LogP contribution is -2.29. The number of nitrogens with one attached hydrogen (secondary N) is 1. The van der Waals surface area contributed by atoms with Crippen molar-refractivity contribution in [3.8, 4) is 22.6 Å². The molecule has 0 atom stereocenters. The van der Waals surface area contributed by atoms with Crippen molar-refractivity contribution in [2.75, 3.05) is 5.32 Å². The van der Waals surface area contributed by atoms with E-state index in [-0.39, 0.29) is 18.0 Å². The first kappa shape index (κ1) is 17.4. The molecule has 138 valence electrons. The molecule has 1 amide bonds. The Morgan fingerprint density at radius 2 is 1.82 bits per heavy atom. The smallest absolute Gasteiger partial charge is 0.267 e. The monoisotopic (exact) mass is 372 g/mol. The van der Waals surface area contributed by atoms with E-state index in [1.165, 1.54) is 12.5 Å². The quantitative estimate of drug-likeness (QED) is 0.581. The number of hydrogen-bond acceptors (Lipinski definition) is 5.